The van der Waals surface area contributed by atoms with Crippen molar-refractivity contribution in [1.82, 2.24) is 0 Å². The van der Waals surface area contributed by atoms with Crippen LogP contribution in [-0.2, 0) is 9.31 Å². The molecular formula is C21H21BO3. The average molecular weight is 332 g/mol. The molecule has 1 fully saturated rings. The molecule has 25 heavy (non-hydrogen) atoms. The molecule has 1 aliphatic rings. The monoisotopic (exact) mass is 332 g/mol. The maximum atomic E-state index is 11.3. The molecule has 0 atom stereocenters. The van der Waals surface area contributed by atoms with Gasteiger partial charge in [0.15, 0.2) is 5.78 Å². The van der Waals surface area contributed by atoms with Crippen molar-refractivity contribution < 1.29 is 14.1 Å². The van der Waals surface area contributed by atoms with E-state index < -0.39 is 0 Å². The van der Waals surface area contributed by atoms with Crippen molar-refractivity contribution in [1.29, 1.82) is 0 Å². The van der Waals surface area contributed by atoms with Gasteiger partial charge in [-0.25, -0.2) is 0 Å². The number of Topliss-reactive ketones (excluding diaryl/α,β-unsaturated/α-hetero) is 1. The molecule has 1 saturated heterocycles. The summed E-state index contributed by atoms with van der Waals surface area (Å²) in [5.41, 5.74) is 3.59. The van der Waals surface area contributed by atoms with Gasteiger partial charge in [0.1, 0.15) is 0 Å². The summed E-state index contributed by atoms with van der Waals surface area (Å²) in [4.78, 5) is 11.3. The molecule has 2 aromatic carbocycles. The highest BCUT2D eigenvalue weighted by Gasteiger charge is 2.33. The Morgan fingerprint density at radius 2 is 1.40 bits per heavy atom. The maximum Gasteiger partial charge on any atom is 0.493 e. The van der Waals surface area contributed by atoms with Crippen molar-refractivity contribution in [2.75, 3.05) is 13.2 Å². The molecule has 0 amide bonds. The lowest BCUT2D eigenvalue weighted by atomic mass is 9.76. The first-order chi connectivity index (χ1) is 11.9. The van der Waals surface area contributed by atoms with Gasteiger partial charge in [0.2, 0.25) is 0 Å². The van der Waals surface area contributed by atoms with E-state index in [0.717, 1.165) is 16.6 Å². The molecule has 0 N–H and O–H groups in total. The Hall–Kier alpha value is -2.35. The number of benzene rings is 2. The molecular weight excluding hydrogens is 311 g/mol. The van der Waals surface area contributed by atoms with Crippen LogP contribution in [-0.4, -0.2) is 26.1 Å². The molecule has 3 rings (SSSR count). The Morgan fingerprint density at radius 1 is 0.920 bits per heavy atom. The Bertz CT molecular complexity index is 801. The van der Waals surface area contributed by atoms with Crippen molar-refractivity contribution in [2.24, 2.45) is 5.41 Å². The van der Waals surface area contributed by atoms with Crippen molar-refractivity contribution in [3.8, 4) is 11.8 Å². The van der Waals surface area contributed by atoms with Crippen molar-refractivity contribution in [3.63, 3.8) is 0 Å². The van der Waals surface area contributed by atoms with E-state index >= 15 is 0 Å². The van der Waals surface area contributed by atoms with E-state index in [2.05, 4.69) is 25.7 Å². The van der Waals surface area contributed by atoms with E-state index in [-0.39, 0.29) is 18.3 Å². The molecule has 0 aliphatic carbocycles. The normalized spacial score (nSPS) is 16.0. The van der Waals surface area contributed by atoms with Crippen LogP contribution in [0.25, 0.3) is 0 Å². The van der Waals surface area contributed by atoms with Crippen LogP contribution in [0.2, 0.25) is 0 Å². The van der Waals surface area contributed by atoms with Crippen LogP contribution in [0.5, 0.6) is 0 Å². The molecule has 2 aromatic rings. The van der Waals surface area contributed by atoms with Gasteiger partial charge in [-0.05, 0) is 36.7 Å². The standard InChI is InChI=1S/C21H21BO3/c1-16(23)19-10-6-17(7-11-19)4-5-18-8-12-20(13-9-18)22-24-14-21(2,3)15-25-22/h6-13H,14-15H2,1-3H3. The molecule has 4 heteroatoms. The molecule has 3 nitrogen and oxygen atoms in total. The second kappa shape index (κ2) is 7.27. The molecule has 0 bridgehead atoms. The summed E-state index contributed by atoms with van der Waals surface area (Å²) < 4.78 is 11.6. The van der Waals surface area contributed by atoms with Crippen LogP contribution < -0.4 is 5.46 Å². The summed E-state index contributed by atoms with van der Waals surface area (Å²) in [5.74, 6) is 6.31. The first kappa shape index (κ1) is 17.5. The molecule has 0 spiro atoms. The van der Waals surface area contributed by atoms with Gasteiger partial charge in [0.25, 0.3) is 0 Å². The van der Waals surface area contributed by atoms with Gasteiger partial charge in [-0.3, -0.25) is 4.79 Å². The van der Waals surface area contributed by atoms with E-state index in [1.807, 2.05) is 36.4 Å². The predicted octanol–water partition coefficient (Wildman–Crippen LogP) is 3.06. The van der Waals surface area contributed by atoms with E-state index in [9.17, 15) is 4.79 Å². The van der Waals surface area contributed by atoms with Crippen molar-refractivity contribution in [3.05, 3.63) is 65.2 Å². The molecule has 0 saturated carbocycles. The SMILES string of the molecule is CC(=O)c1ccc(C#Cc2ccc(B3OCC(C)(C)CO3)cc2)cc1. The summed E-state index contributed by atoms with van der Waals surface area (Å²) in [6, 6.07) is 15.3. The molecule has 0 aromatic heterocycles. The Morgan fingerprint density at radius 3 is 1.88 bits per heavy atom. The maximum absolute atomic E-state index is 11.3. The van der Waals surface area contributed by atoms with Crippen LogP contribution in [0.4, 0.5) is 0 Å². The summed E-state index contributed by atoms with van der Waals surface area (Å²) in [6.45, 7) is 7.20. The lowest BCUT2D eigenvalue weighted by Gasteiger charge is -2.33. The smallest absolute Gasteiger partial charge is 0.407 e. The third-order valence-corrected chi connectivity index (χ3v) is 4.08. The fraction of sp³-hybridized carbons (Fsp3) is 0.286. The first-order valence-electron chi connectivity index (χ1n) is 8.39. The van der Waals surface area contributed by atoms with Crippen LogP contribution in [0, 0.1) is 17.3 Å². The second-order valence-corrected chi connectivity index (χ2v) is 7.12. The molecule has 0 unspecified atom stereocenters. The third kappa shape index (κ3) is 4.60. The quantitative estimate of drug-likeness (QED) is 0.482. The number of hydrogen-bond donors (Lipinski definition) is 0. The van der Waals surface area contributed by atoms with E-state index in [1.54, 1.807) is 19.1 Å². The largest absolute Gasteiger partial charge is 0.493 e. The van der Waals surface area contributed by atoms with Crippen LogP contribution >= 0.6 is 0 Å². The number of rotatable bonds is 2. The number of hydrogen-bond acceptors (Lipinski definition) is 3. The molecule has 1 aliphatic heterocycles. The minimum Gasteiger partial charge on any atom is -0.407 e. The zero-order valence-corrected chi connectivity index (χ0v) is 14.8. The van der Waals surface area contributed by atoms with Gasteiger partial charge >= 0.3 is 7.12 Å². The fourth-order valence-electron chi connectivity index (χ4n) is 2.54. The van der Waals surface area contributed by atoms with Crippen LogP contribution in [0.1, 0.15) is 42.3 Å². The average Bonchev–Trinajstić information content (AvgIpc) is 2.61. The minimum atomic E-state index is -0.297. The highest BCUT2D eigenvalue weighted by atomic mass is 16.6. The summed E-state index contributed by atoms with van der Waals surface area (Å²) in [7, 11) is -0.297. The highest BCUT2D eigenvalue weighted by molar-refractivity contribution is 6.61. The summed E-state index contributed by atoms with van der Waals surface area (Å²) in [5, 5.41) is 0. The van der Waals surface area contributed by atoms with Gasteiger partial charge in [-0.2, -0.15) is 0 Å². The first-order valence-corrected chi connectivity index (χ1v) is 8.39. The lowest BCUT2D eigenvalue weighted by molar-refractivity contribution is 0.0343. The second-order valence-electron chi connectivity index (χ2n) is 7.12. The van der Waals surface area contributed by atoms with Crippen LogP contribution in [0.15, 0.2) is 48.5 Å². The Labute approximate surface area is 149 Å². The number of ketones is 1. The summed E-state index contributed by atoms with van der Waals surface area (Å²) >= 11 is 0. The van der Waals surface area contributed by atoms with E-state index in [0.29, 0.717) is 18.8 Å². The summed E-state index contributed by atoms with van der Waals surface area (Å²) in [6.07, 6.45) is 0. The van der Waals surface area contributed by atoms with Gasteiger partial charge in [-0.15, -0.1) is 0 Å². The van der Waals surface area contributed by atoms with Gasteiger partial charge in [-0.1, -0.05) is 50.0 Å². The highest BCUT2D eigenvalue weighted by Crippen LogP contribution is 2.21. The molecule has 1 heterocycles. The Balaban J connectivity index is 1.66. The zero-order chi connectivity index (χ0) is 17.9. The Kier molecular flexibility index (Phi) is 5.08. The van der Waals surface area contributed by atoms with Gasteiger partial charge in [0, 0.05) is 35.3 Å². The number of carbonyl (C=O) groups excluding carboxylic acids is 1. The third-order valence-electron chi connectivity index (χ3n) is 4.08. The fourth-order valence-corrected chi connectivity index (χ4v) is 2.54. The van der Waals surface area contributed by atoms with E-state index in [4.69, 9.17) is 9.31 Å². The minimum absolute atomic E-state index is 0.0608. The van der Waals surface area contributed by atoms with E-state index in [1.165, 1.54) is 0 Å². The zero-order valence-electron chi connectivity index (χ0n) is 14.8. The van der Waals surface area contributed by atoms with Gasteiger partial charge in [0.05, 0.1) is 0 Å². The topological polar surface area (TPSA) is 35.5 Å². The van der Waals surface area contributed by atoms with Gasteiger partial charge < -0.3 is 9.31 Å². The molecule has 0 radical (unpaired) electrons. The number of carbonyl (C=O) groups is 1. The lowest BCUT2D eigenvalue weighted by Crippen LogP contribution is -2.47. The van der Waals surface area contributed by atoms with Crippen LogP contribution in [0.3, 0.4) is 0 Å². The van der Waals surface area contributed by atoms with Crippen molar-refractivity contribution in [2.45, 2.75) is 20.8 Å². The predicted molar refractivity (Wildman–Crippen MR) is 99.9 cm³/mol. The molecule has 126 valence electrons. The van der Waals surface area contributed by atoms with Crippen molar-refractivity contribution >= 4 is 18.4 Å².